The third-order valence-electron chi connectivity index (χ3n) is 1.75. The Balaban J connectivity index is 2.91. The second kappa shape index (κ2) is 4.49. The van der Waals surface area contributed by atoms with Crippen LogP contribution >= 0.6 is 0 Å². The molecule has 0 heterocycles. The Labute approximate surface area is 92.3 Å². The number of aromatic carboxylic acids is 1. The van der Waals surface area contributed by atoms with Crippen molar-refractivity contribution in [2.75, 3.05) is 6.61 Å². The maximum atomic E-state index is 12.8. The number of rotatable bonds is 4. The van der Waals surface area contributed by atoms with Crippen LogP contribution in [0, 0.1) is 5.82 Å². The van der Waals surface area contributed by atoms with Gasteiger partial charge in [-0.1, -0.05) is 0 Å². The predicted octanol–water partition coefficient (Wildman–Crippen LogP) is 1.67. The molecular weight excluding hydrogens is 215 g/mol. The fraction of sp³-hybridized carbons (Fsp3) is 0.364. The zero-order valence-corrected chi connectivity index (χ0v) is 9.03. The van der Waals surface area contributed by atoms with E-state index in [2.05, 4.69) is 0 Å². The lowest BCUT2D eigenvalue weighted by atomic mass is 10.1. The zero-order valence-electron chi connectivity index (χ0n) is 9.03. The summed E-state index contributed by atoms with van der Waals surface area (Å²) >= 11 is 0. The molecule has 0 saturated carbocycles. The van der Waals surface area contributed by atoms with Crippen LogP contribution in [-0.4, -0.2) is 28.4 Å². The molecule has 0 amide bonds. The summed E-state index contributed by atoms with van der Waals surface area (Å²) < 4.78 is 17.9. The van der Waals surface area contributed by atoms with Crippen molar-refractivity contribution >= 4 is 5.97 Å². The number of halogens is 1. The van der Waals surface area contributed by atoms with Crippen molar-refractivity contribution in [3.63, 3.8) is 0 Å². The van der Waals surface area contributed by atoms with Gasteiger partial charge in [0.25, 0.3) is 0 Å². The summed E-state index contributed by atoms with van der Waals surface area (Å²) in [6, 6.07) is 3.21. The number of ether oxygens (including phenoxy) is 1. The summed E-state index contributed by atoms with van der Waals surface area (Å²) in [5.41, 5.74) is -1.34. The number of hydrogen-bond donors (Lipinski definition) is 2. The zero-order chi connectivity index (χ0) is 12.3. The Kier molecular flexibility index (Phi) is 3.49. The third-order valence-corrected chi connectivity index (χ3v) is 1.75. The van der Waals surface area contributed by atoms with Crippen molar-refractivity contribution in [2.24, 2.45) is 0 Å². The molecule has 1 aromatic rings. The lowest BCUT2D eigenvalue weighted by molar-refractivity contribution is 0.0275. The van der Waals surface area contributed by atoms with Gasteiger partial charge in [-0.2, -0.15) is 0 Å². The average Bonchev–Trinajstić information content (AvgIpc) is 2.14. The largest absolute Gasteiger partial charge is 0.490 e. The van der Waals surface area contributed by atoms with Crippen molar-refractivity contribution in [3.8, 4) is 5.75 Å². The summed E-state index contributed by atoms with van der Waals surface area (Å²) in [6.45, 7) is 2.98. The molecule has 0 aliphatic rings. The summed E-state index contributed by atoms with van der Waals surface area (Å²) in [5, 5.41) is 18.2. The van der Waals surface area contributed by atoms with Gasteiger partial charge in [-0.15, -0.1) is 0 Å². The van der Waals surface area contributed by atoms with Crippen LogP contribution in [0.25, 0.3) is 0 Å². The molecule has 0 aliphatic carbocycles. The third kappa shape index (κ3) is 3.51. The highest BCUT2D eigenvalue weighted by Gasteiger charge is 2.17. The molecular formula is C11H13FO4. The molecule has 0 saturated heterocycles. The van der Waals surface area contributed by atoms with E-state index in [1.54, 1.807) is 0 Å². The Morgan fingerprint density at radius 3 is 2.62 bits per heavy atom. The first kappa shape index (κ1) is 12.4. The predicted molar refractivity (Wildman–Crippen MR) is 55.2 cm³/mol. The molecule has 88 valence electrons. The van der Waals surface area contributed by atoms with Crippen molar-refractivity contribution in [1.82, 2.24) is 0 Å². The van der Waals surface area contributed by atoms with E-state index in [1.807, 2.05) is 0 Å². The highest BCUT2D eigenvalue weighted by Crippen LogP contribution is 2.20. The normalized spacial score (nSPS) is 11.2. The number of carboxylic acids is 1. The van der Waals surface area contributed by atoms with E-state index in [9.17, 15) is 14.3 Å². The van der Waals surface area contributed by atoms with Gasteiger partial charge in [0.2, 0.25) is 0 Å². The van der Waals surface area contributed by atoms with Crippen LogP contribution in [0.5, 0.6) is 5.75 Å². The molecule has 16 heavy (non-hydrogen) atoms. The van der Waals surface area contributed by atoms with Crippen LogP contribution in [0.1, 0.15) is 24.2 Å². The minimum Gasteiger partial charge on any atom is -0.490 e. The molecule has 0 bridgehead atoms. The van der Waals surface area contributed by atoms with Crippen molar-refractivity contribution in [2.45, 2.75) is 19.4 Å². The molecule has 0 aliphatic heterocycles. The van der Waals surface area contributed by atoms with Crippen LogP contribution in [0.3, 0.4) is 0 Å². The van der Waals surface area contributed by atoms with Gasteiger partial charge in [0.15, 0.2) is 0 Å². The molecule has 0 aromatic heterocycles. The summed E-state index contributed by atoms with van der Waals surface area (Å²) in [5.74, 6) is -1.88. The second-order valence-electron chi connectivity index (χ2n) is 4.05. The SMILES string of the molecule is CC(C)(O)COc1ccc(F)cc1C(=O)O. The topological polar surface area (TPSA) is 66.8 Å². The number of carboxylic acid groups (broad SMARTS) is 1. The van der Waals surface area contributed by atoms with E-state index in [-0.39, 0.29) is 17.9 Å². The average molecular weight is 228 g/mol. The second-order valence-corrected chi connectivity index (χ2v) is 4.05. The molecule has 0 unspecified atom stereocenters. The summed E-state index contributed by atoms with van der Waals surface area (Å²) in [7, 11) is 0. The van der Waals surface area contributed by atoms with Gasteiger partial charge in [-0.25, -0.2) is 9.18 Å². The molecule has 1 rings (SSSR count). The number of hydrogen-bond acceptors (Lipinski definition) is 3. The van der Waals surface area contributed by atoms with Crippen molar-refractivity contribution < 1.29 is 24.1 Å². The van der Waals surface area contributed by atoms with Crippen LogP contribution in [0.15, 0.2) is 18.2 Å². The fourth-order valence-corrected chi connectivity index (χ4v) is 1.05. The summed E-state index contributed by atoms with van der Waals surface area (Å²) in [6.07, 6.45) is 0. The number of carbonyl (C=O) groups is 1. The van der Waals surface area contributed by atoms with Gasteiger partial charge >= 0.3 is 5.97 Å². The molecule has 0 radical (unpaired) electrons. The van der Waals surface area contributed by atoms with E-state index in [0.29, 0.717) is 0 Å². The van der Waals surface area contributed by atoms with Gasteiger partial charge < -0.3 is 14.9 Å². The molecule has 0 atom stereocenters. The minimum absolute atomic E-state index is 0.0380. The van der Waals surface area contributed by atoms with Crippen LogP contribution in [0.2, 0.25) is 0 Å². The lowest BCUT2D eigenvalue weighted by Crippen LogP contribution is -2.28. The molecule has 1 aromatic carbocycles. The van der Waals surface area contributed by atoms with Crippen molar-refractivity contribution in [1.29, 1.82) is 0 Å². The van der Waals surface area contributed by atoms with Crippen molar-refractivity contribution in [3.05, 3.63) is 29.6 Å². The first-order valence-corrected chi connectivity index (χ1v) is 4.67. The Bertz CT molecular complexity index is 395. The van der Waals surface area contributed by atoms with Gasteiger partial charge in [0.1, 0.15) is 23.7 Å². The van der Waals surface area contributed by atoms with E-state index < -0.39 is 17.4 Å². The molecule has 0 spiro atoms. The van der Waals surface area contributed by atoms with Gasteiger partial charge in [0.05, 0.1) is 5.60 Å². The maximum Gasteiger partial charge on any atom is 0.339 e. The number of aliphatic hydroxyl groups is 1. The first-order valence-electron chi connectivity index (χ1n) is 4.67. The van der Waals surface area contributed by atoms with E-state index in [1.165, 1.54) is 19.9 Å². The maximum absolute atomic E-state index is 12.8. The standard InChI is InChI=1S/C11H13FO4/c1-11(2,15)6-16-9-4-3-7(12)5-8(9)10(13)14/h3-5,15H,6H2,1-2H3,(H,13,14). The summed E-state index contributed by atoms with van der Waals surface area (Å²) in [4.78, 5) is 10.8. The molecule has 2 N–H and O–H groups in total. The van der Waals surface area contributed by atoms with Gasteiger partial charge in [-0.05, 0) is 32.0 Å². The fourth-order valence-electron chi connectivity index (χ4n) is 1.05. The van der Waals surface area contributed by atoms with E-state index in [0.717, 1.165) is 12.1 Å². The quantitative estimate of drug-likeness (QED) is 0.822. The highest BCUT2D eigenvalue weighted by atomic mass is 19.1. The van der Waals surface area contributed by atoms with Gasteiger partial charge in [0, 0.05) is 0 Å². The van der Waals surface area contributed by atoms with Crippen LogP contribution < -0.4 is 4.74 Å². The molecule has 5 heteroatoms. The molecule has 4 nitrogen and oxygen atoms in total. The lowest BCUT2D eigenvalue weighted by Gasteiger charge is -2.18. The smallest absolute Gasteiger partial charge is 0.339 e. The molecule has 0 fully saturated rings. The highest BCUT2D eigenvalue weighted by molar-refractivity contribution is 5.90. The van der Waals surface area contributed by atoms with E-state index >= 15 is 0 Å². The van der Waals surface area contributed by atoms with Gasteiger partial charge in [-0.3, -0.25) is 0 Å². The number of benzene rings is 1. The Morgan fingerprint density at radius 2 is 2.12 bits per heavy atom. The Hall–Kier alpha value is -1.62. The van der Waals surface area contributed by atoms with Crippen LogP contribution in [-0.2, 0) is 0 Å². The first-order chi connectivity index (χ1) is 7.29. The van der Waals surface area contributed by atoms with E-state index in [4.69, 9.17) is 9.84 Å². The monoisotopic (exact) mass is 228 g/mol. The minimum atomic E-state index is -1.27. The Morgan fingerprint density at radius 1 is 1.50 bits per heavy atom. The van der Waals surface area contributed by atoms with Crippen LogP contribution in [0.4, 0.5) is 4.39 Å².